The van der Waals surface area contributed by atoms with Gasteiger partial charge in [-0.2, -0.15) is 0 Å². The van der Waals surface area contributed by atoms with Crippen LogP contribution >= 0.6 is 11.8 Å². The van der Waals surface area contributed by atoms with Crippen LogP contribution in [-0.4, -0.2) is 28.4 Å². The van der Waals surface area contributed by atoms with Gasteiger partial charge in [-0.1, -0.05) is 72.4 Å². The first-order valence-corrected chi connectivity index (χ1v) is 11.8. The third kappa shape index (κ3) is 6.49. The van der Waals surface area contributed by atoms with Crippen LogP contribution in [-0.2, 0) is 4.79 Å². The summed E-state index contributed by atoms with van der Waals surface area (Å²) in [6.45, 7) is 0.586. The maximum Gasteiger partial charge on any atom is 0.230 e. The van der Waals surface area contributed by atoms with E-state index in [0.717, 1.165) is 12.0 Å². The maximum absolute atomic E-state index is 13.1. The highest BCUT2D eigenvalue weighted by molar-refractivity contribution is 7.99. The molecule has 1 heterocycles. The molecule has 4 aromatic rings. The van der Waals surface area contributed by atoms with Crippen LogP contribution in [0.3, 0.4) is 0 Å². The molecule has 1 N–H and O–H groups in total. The molecule has 4 nitrogen and oxygen atoms in total. The first kappa shape index (κ1) is 22.7. The molecule has 0 saturated carbocycles. The molecule has 4 rings (SSSR count). The molecule has 0 spiro atoms. The van der Waals surface area contributed by atoms with E-state index in [0.29, 0.717) is 17.3 Å². The van der Waals surface area contributed by atoms with Gasteiger partial charge in [0.05, 0.1) is 11.4 Å². The van der Waals surface area contributed by atoms with Crippen LogP contribution in [0, 0.1) is 5.82 Å². The Bertz CT molecular complexity index is 1110. The minimum absolute atomic E-state index is 0.0377. The lowest BCUT2D eigenvalue weighted by Crippen LogP contribution is -2.27. The van der Waals surface area contributed by atoms with E-state index < -0.39 is 0 Å². The summed E-state index contributed by atoms with van der Waals surface area (Å²) in [7, 11) is 0. The summed E-state index contributed by atoms with van der Waals surface area (Å²) in [4.78, 5) is 12.4. The Morgan fingerprint density at radius 1 is 0.818 bits per heavy atom. The lowest BCUT2D eigenvalue weighted by molar-refractivity contribution is -0.118. The summed E-state index contributed by atoms with van der Waals surface area (Å²) >= 11 is 1.34. The summed E-state index contributed by atoms with van der Waals surface area (Å²) in [6.07, 6.45) is 0.816. The second-order valence-corrected chi connectivity index (χ2v) is 8.56. The molecule has 0 aliphatic rings. The number of carbonyl (C=O) groups excluding carboxylic acids is 1. The number of aromatic nitrogens is 2. The third-order valence-electron chi connectivity index (χ3n) is 5.29. The van der Waals surface area contributed by atoms with E-state index in [1.807, 2.05) is 48.5 Å². The average Bonchev–Trinajstić information content (AvgIpc) is 2.87. The predicted octanol–water partition coefficient (Wildman–Crippen LogP) is 5.71. The van der Waals surface area contributed by atoms with Crippen molar-refractivity contribution in [1.82, 2.24) is 15.5 Å². The zero-order valence-electron chi connectivity index (χ0n) is 18.0. The number of rotatable bonds is 9. The number of nitrogens with zero attached hydrogens (tertiary/aromatic N) is 2. The SMILES string of the molecule is O=C(CSc1ccc(-c2ccc(F)cc2)nn1)NCCC(c1ccccc1)c1ccccc1. The van der Waals surface area contributed by atoms with Gasteiger partial charge in [0.25, 0.3) is 0 Å². The zero-order chi connectivity index (χ0) is 22.9. The van der Waals surface area contributed by atoms with Crippen LogP contribution < -0.4 is 5.32 Å². The Hall–Kier alpha value is -3.51. The number of nitrogens with one attached hydrogen (secondary N) is 1. The fourth-order valence-corrected chi connectivity index (χ4v) is 4.26. The van der Waals surface area contributed by atoms with Crippen molar-refractivity contribution in [2.24, 2.45) is 0 Å². The fourth-order valence-electron chi connectivity index (χ4n) is 3.61. The second kappa shape index (κ2) is 11.4. The molecule has 166 valence electrons. The first-order valence-electron chi connectivity index (χ1n) is 10.8. The second-order valence-electron chi connectivity index (χ2n) is 7.56. The molecular weight excluding hydrogens is 433 g/mol. The summed E-state index contributed by atoms with van der Waals surface area (Å²) < 4.78 is 13.1. The summed E-state index contributed by atoms with van der Waals surface area (Å²) in [5.41, 5.74) is 3.94. The van der Waals surface area contributed by atoms with Crippen molar-refractivity contribution in [3.63, 3.8) is 0 Å². The van der Waals surface area contributed by atoms with Gasteiger partial charge in [0.1, 0.15) is 10.8 Å². The summed E-state index contributed by atoms with van der Waals surface area (Å²) in [6, 6.07) is 30.5. The highest BCUT2D eigenvalue weighted by Crippen LogP contribution is 2.27. The van der Waals surface area contributed by atoms with Crippen LogP contribution in [0.4, 0.5) is 4.39 Å². The molecule has 0 unspecified atom stereocenters. The molecule has 33 heavy (non-hydrogen) atoms. The van der Waals surface area contributed by atoms with Crippen molar-refractivity contribution < 1.29 is 9.18 Å². The number of hydrogen-bond donors (Lipinski definition) is 1. The molecule has 0 aliphatic carbocycles. The molecular formula is C27H24FN3OS. The van der Waals surface area contributed by atoms with Crippen LogP contribution in [0.1, 0.15) is 23.5 Å². The molecule has 0 radical (unpaired) electrons. The molecule has 0 aliphatic heterocycles. The van der Waals surface area contributed by atoms with Gasteiger partial charge in [-0.25, -0.2) is 4.39 Å². The quantitative estimate of drug-likeness (QED) is 0.327. The van der Waals surface area contributed by atoms with Crippen molar-refractivity contribution in [2.75, 3.05) is 12.3 Å². The van der Waals surface area contributed by atoms with E-state index in [4.69, 9.17) is 0 Å². The van der Waals surface area contributed by atoms with Crippen LogP contribution in [0.15, 0.2) is 102 Å². The Morgan fingerprint density at radius 2 is 1.45 bits per heavy atom. The van der Waals surface area contributed by atoms with E-state index >= 15 is 0 Å². The van der Waals surface area contributed by atoms with E-state index in [-0.39, 0.29) is 23.4 Å². The van der Waals surface area contributed by atoms with Gasteiger partial charge in [0.2, 0.25) is 5.91 Å². The topological polar surface area (TPSA) is 54.9 Å². The van der Waals surface area contributed by atoms with Crippen LogP contribution in [0.5, 0.6) is 0 Å². The van der Waals surface area contributed by atoms with Gasteiger partial charge in [-0.15, -0.1) is 10.2 Å². The molecule has 1 amide bonds. The van der Waals surface area contributed by atoms with E-state index in [9.17, 15) is 9.18 Å². The van der Waals surface area contributed by atoms with Gasteiger partial charge >= 0.3 is 0 Å². The summed E-state index contributed by atoms with van der Waals surface area (Å²) in [5, 5.41) is 12.1. The van der Waals surface area contributed by atoms with Gasteiger partial charge < -0.3 is 5.32 Å². The number of hydrogen-bond acceptors (Lipinski definition) is 4. The van der Waals surface area contributed by atoms with Crippen LogP contribution in [0.25, 0.3) is 11.3 Å². The molecule has 6 heteroatoms. The summed E-state index contributed by atoms with van der Waals surface area (Å²) in [5.74, 6) is 0.171. The van der Waals surface area contributed by atoms with Crippen molar-refractivity contribution in [3.05, 3.63) is 114 Å². The molecule has 3 aromatic carbocycles. The predicted molar refractivity (Wildman–Crippen MR) is 131 cm³/mol. The Balaban J connectivity index is 1.28. The van der Waals surface area contributed by atoms with Gasteiger partial charge in [0, 0.05) is 18.0 Å². The van der Waals surface area contributed by atoms with Gasteiger partial charge in [0.15, 0.2) is 0 Å². The fraction of sp³-hybridized carbons (Fsp3) is 0.148. The molecule has 0 fully saturated rings. The highest BCUT2D eigenvalue weighted by atomic mass is 32.2. The number of carbonyl (C=O) groups is 1. The average molecular weight is 458 g/mol. The Labute approximate surface area is 197 Å². The smallest absolute Gasteiger partial charge is 0.230 e. The lowest BCUT2D eigenvalue weighted by Gasteiger charge is -2.18. The number of benzene rings is 3. The monoisotopic (exact) mass is 457 g/mol. The zero-order valence-corrected chi connectivity index (χ0v) is 18.8. The molecule has 1 aromatic heterocycles. The van der Waals surface area contributed by atoms with Gasteiger partial charge in [-0.3, -0.25) is 4.79 Å². The van der Waals surface area contributed by atoms with Crippen LogP contribution in [0.2, 0.25) is 0 Å². The third-order valence-corrected chi connectivity index (χ3v) is 6.21. The van der Waals surface area contributed by atoms with Crippen molar-refractivity contribution in [3.8, 4) is 11.3 Å². The van der Waals surface area contributed by atoms with Crippen molar-refractivity contribution in [2.45, 2.75) is 17.4 Å². The number of amides is 1. The minimum atomic E-state index is -0.288. The lowest BCUT2D eigenvalue weighted by atomic mass is 9.88. The van der Waals surface area contributed by atoms with E-state index in [1.165, 1.54) is 35.0 Å². The number of thioether (sulfide) groups is 1. The number of halogens is 1. The maximum atomic E-state index is 13.1. The van der Waals surface area contributed by atoms with E-state index in [1.54, 1.807) is 12.1 Å². The molecule has 0 bridgehead atoms. The minimum Gasteiger partial charge on any atom is -0.355 e. The highest BCUT2D eigenvalue weighted by Gasteiger charge is 2.14. The Kier molecular flexibility index (Phi) is 7.82. The largest absolute Gasteiger partial charge is 0.355 e. The standard InChI is InChI=1S/C27H24FN3OS/c28-23-13-11-22(12-14-23)25-15-16-27(31-30-25)33-19-26(32)29-18-17-24(20-7-3-1-4-8-20)21-9-5-2-6-10-21/h1-16,24H,17-19H2,(H,29,32). The molecule has 0 saturated heterocycles. The van der Waals surface area contributed by atoms with Crippen molar-refractivity contribution >= 4 is 17.7 Å². The van der Waals surface area contributed by atoms with E-state index in [2.05, 4.69) is 39.8 Å². The Morgan fingerprint density at radius 3 is 2.03 bits per heavy atom. The molecule has 0 atom stereocenters. The van der Waals surface area contributed by atoms with Gasteiger partial charge in [-0.05, 0) is 53.9 Å². The first-order chi connectivity index (χ1) is 16.2. The normalized spacial score (nSPS) is 10.8. The van der Waals surface area contributed by atoms with Crippen molar-refractivity contribution in [1.29, 1.82) is 0 Å².